The van der Waals surface area contributed by atoms with Crippen molar-refractivity contribution in [1.82, 2.24) is 4.98 Å². The van der Waals surface area contributed by atoms with Gasteiger partial charge in [-0.3, -0.25) is 4.98 Å². The van der Waals surface area contributed by atoms with Crippen molar-refractivity contribution >= 4 is 6.02 Å². The predicted octanol–water partition coefficient (Wildman–Crippen LogP) is 4.43. The van der Waals surface area contributed by atoms with Crippen LogP contribution in [0.15, 0.2) is 72.0 Å². The molecule has 2 aromatic carbocycles. The molecule has 1 aliphatic heterocycles. The van der Waals surface area contributed by atoms with Gasteiger partial charge < -0.3 is 15.2 Å². The summed E-state index contributed by atoms with van der Waals surface area (Å²) >= 11 is 0. The molecule has 2 N–H and O–H groups in total. The Morgan fingerprint density at radius 2 is 1.83 bits per heavy atom. The van der Waals surface area contributed by atoms with E-state index in [0.29, 0.717) is 6.61 Å². The third-order valence-corrected chi connectivity index (χ3v) is 5.08. The Labute approximate surface area is 171 Å². The largest absolute Gasteiger partial charge is 0.491 e. The molecule has 1 atom stereocenters. The van der Waals surface area contributed by atoms with Crippen molar-refractivity contribution in [3.05, 3.63) is 83.7 Å². The highest BCUT2D eigenvalue weighted by molar-refractivity contribution is 5.76. The van der Waals surface area contributed by atoms with Gasteiger partial charge in [0.2, 0.25) is 0 Å². The number of pyridine rings is 1. The fraction of sp³-hybridized carbons (Fsp3) is 0.250. The number of hydrogen-bond donors (Lipinski definition) is 1. The van der Waals surface area contributed by atoms with Gasteiger partial charge in [0.05, 0.1) is 6.10 Å². The van der Waals surface area contributed by atoms with E-state index in [0.717, 1.165) is 33.6 Å². The molecule has 0 amide bonds. The predicted molar refractivity (Wildman–Crippen MR) is 115 cm³/mol. The highest BCUT2D eigenvalue weighted by atomic mass is 16.5. The second-order valence-corrected chi connectivity index (χ2v) is 7.57. The molecule has 3 aromatic rings. The zero-order valence-corrected chi connectivity index (χ0v) is 16.9. The maximum absolute atomic E-state index is 5.96. The molecule has 0 radical (unpaired) electrons. The Balaban J connectivity index is 1.81. The summed E-state index contributed by atoms with van der Waals surface area (Å²) in [4.78, 5) is 8.98. The number of rotatable bonds is 5. The molecule has 1 unspecified atom stereocenters. The molecule has 29 heavy (non-hydrogen) atoms. The first kappa shape index (κ1) is 19.0. The van der Waals surface area contributed by atoms with Gasteiger partial charge in [-0.05, 0) is 72.9 Å². The van der Waals surface area contributed by atoms with E-state index in [4.69, 9.17) is 20.2 Å². The minimum absolute atomic E-state index is 0.119. The van der Waals surface area contributed by atoms with Crippen molar-refractivity contribution in [2.45, 2.75) is 32.4 Å². The Bertz CT molecular complexity index is 1050. The summed E-state index contributed by atoms with van der Waals surface area (Å²) in [6.45, 7) is 6.45. The summed E-state index contributed by atoms with van der Waals surface area (Å²) in [5, 5.41) is 0. The molecule has 1 aliphatic rings. The highest BCUT2D eigenvalue weighted by Crippen LogP contribution is 2.40. The number of nitrogens with two attached hydrogens (primary N) is 1. The third-order valence-electron chi connectivity index (χ3n) is 5.08. The minimum Gasteiger partial charge on any atom is -0.491 e. The number of benzene rings is 2. The zero-order chi connectivity index (χ0) is 20.4. The molecule has 0 bridgehead atoms. The van der Waals surface area contributed by atoms with E-state index < -0.39 is 5.54 Å². The first-order valence-corrected chi connectivity index (χ1v) is 9.75. The summed E-state index contributed by atoms with van der Waals surface area (Å²) in [7, 11) is 0. The molecule has 2 heterocycles. The van der Waals surface area contributed by atoms with E-state index >= 15 is 0 Å². The topological polar surface area (TPSA) is 69.7 Å². The van der Waals surface area contributed by atoms with Crippen molar-refractivity contribution in [3.63, 3.8) is 0 Å². The number of aryl methyl sites for hydroxylation is 1. The average Bonchev–Trinajstić information content (AvgIpc) is 3.13. The van der Waals surface area contributed by atoms with Crippen molar-refractivity contribution in [3.8, 4) is 16.9 Å². The van der Waals surface area contributed by atoms with E-state index in [9.17, 15) is 0 Å². The summed E-state index contributed by atoms with van der Waals surface area (Å²) < 4.78 is 11.5. The van der Waals surface area contributed by atoms with Gasteiger partial charge in [-0.25, -0.2) is 4.99 Å². The summed E-state index contributed by atoms with van der Waals surface area (Å²) in [5.41, 5.74) is 10.5. The first-order valence-electron chi connectivity index (χ1n) is 9.75. The molecule has 0 fully saturated rings. The Morgan fingerprint density at radius 3 is 2.48 bits per heavy atom. The number of aliphatic imine (C=N–C) groups is 1. The molecule has 0 saturated heterocycles. The zero-order valence-electron chi connectivity index (χ0n) is 16.9. The first-order chi connectivity index (χ1) is 14.0. The maximum atomic E-state index is 5.96. The van der Waals surface area contributed by atoms with Crippen molar-refractivity contribution in [1.29, 1.82) is 0 Å². The number of ether oxygens (including phenoxy) is 2. The van der Waals surface area contributed by atoms with Gasteiger partial charge in [0.25, 0.3) is 6.02 Å². The molecule has 0 saturated carbocycles. The number of amidine groups is 1. The summed E-state index contributed by atoms with van der Waals surface area (Å²) in [5.74, 6) is 0.874. The van der Waals surface area contributed by atoms with Gasteiger partial charge >= 0.3 is 0 Å². The van der Waals surface area contributed by atoms with Crippen LogP contribution in [0.4, 0.5) is 0 Å². The second kappa shape index (κ2) is 7.59. The third kappa shape index (κ3) is 3.68. The fourth-order valence-corrected chi connectivity index (χ4v) is 3.68. The van der Waals surface area contributed by atoms with Crippen molar-refractivity contribution in [2.75, 3.05) is 6.61 Å². The van der Waals surface area contributed by atoms with Crippen LogP contribution in [0.2, 0.25) is 0 Å². The standard InChI is InChI=1S/C24H25N3O2/c1-16(2)29-22-10-9-21(12-17(22)3)24(15-28-23(25)27-24)20-8-4-6-18(13-20)19-7-5-11-26-14-19/h4-14,16H,15H2,1-3H3,(H2,25,27). The van der Waals surface area contributed by atoms with E-state index in [1.165, 1.54) is 0 Å². The summed E-state index contributed by atoms with van der Waals surface area (Å²) in [6, 6.07) is 18.7. The molecule has 4 rings (SSSR count). The number of hydrogen-bond acceptors (Lipinski definition) is 5. The van der Waals surface area contributed by atoms with Gasteiger partial charge in [0, 0.05) is 12.4 Å². The van der Waals surface area contributed by atoms with Crippen molar-refractivity contribution < 1.29 is 9.47 Å². The lowest BCUT2D eigenvalue weighted by molar-refractivity contribution is 0.240. The second-order valence-electron chi connectivity index (χ2n) is 7.57. The van der Waals surface area contributed by atoms with E-state index in [1.807, 2.05) is 57.3 Å². The van der Waals surface area contributed by atoms with Crippen LogP contribution in [0, 0.1) is 6.92 Å². The van der Waals surface area contributed by atoms with E-state index in [2.05, 4.69) is 29.2 Å². The SMILES string of the molecule is Cc1cc(C2(c3cccc(-c4cccnc4)c3)COC(N)=N2)ccc1OC(C)C. The van der Waals surface area contributed by atoms with Crippen LogP contribution in [0.25, 0.3) is 11.1 Å². The molecular formula is C24H25N3O2. The number of nitrogens with zero attached hydrogens (tertiary/aromatic N) is 2. The molecule has 5 heteroatoms. The minimum atomic E-state index is -0.691. The van der Waals surface area contributed by atoms with Crippen molar-refractivity contribution in [2.24, 2.45) is 10.7 Å². The maximum Gasteiger partial charge on any atom is 0.283 e. The van der Waals surface area contributed by atoms with Crippen LogP contribution < -0.4 is 10.5 Å². The van der Waals surface area contributed by atoms with Gasteiger partial charge in [0.1, 0.15) is 12.4 Å². The van der Waals surface area contributed by atoms with Gasteiger partial charge in [-0.1, -0.05) is 30.3 Å². The van der Waals surface area contributed by atoms with Gasteiger partial charge in [0.15, 0.2) is 5.54 Å². The average molecular weight is 387 g/mol. The highest BCUT2D eigenvalue weighted by Gasteiger charge is 2.40. The molecule has 5 nitrogen and oxygen atoms in total. The van der Waals surface area contributed by atoms with Crippen LogP contribution in [-0.2, 0) is 10.3 Å². The normalized spacial score (nSPS) is 18.4. The Hall–Kier alpha value is -3.34. The number of aromatic nitrogens is 1. The molecule has 1 aromatic heterocycles. The van der Waals surface area contributed by atoms with E-state index in [-0.39, 0.29) is 12.1 Å². The smallest absolute Gasteiger partial charge is 0.283 e. The fourth-order valence-electron chi connectivity index (χ4n) is 3.68. The van der Waals surface area contributed by atoms with E-state index in [1.54, 1.807) is 6.20 Å². The quantitative estimate of drug-likeness (QED) is 0.703. The summed E-state index contributed by atoms with van der Waals surface area (Å²) in [6.07, 6.45) is 3.75. The van der Waals surface area contributed by atoms with Gasteiger partial charge in [-0.2, -0.15) is 0 Å². The van der Waals surface area contributed by atoms with Crippen LogP contribution >= 0.6 is 0 Å². The Morgan fingerprint density at radius 1 is 1.03 bits per heavy atom. The molecular weight excluding hydrogens is 362 g/mol. The monoisotopic (exact) mass is 387 g/mol. The van der Waals surface area contributed by atoms with Gasteiger partial charge in [-0.15, -0.1) is 0 Å². The molecule has 0 aliphatic carbocycles. The van der Waals surface area contributed by atoms with Crippen LogP contribution in [0.1, 0.15) is 30.5 Å². The van der Waals surface area contributed by atoms with Crippen LogP contribution in [0.5, 0.6) is 5.75 Å². The molecule has 148 valence electrons. The molecule has 0 spiro atoms. The van der Waals surface area contributed by atoms with Crippen LogP contribution in [-0.4, -0.2) is 23.7 Å². The lowest BCUT2D eigenvalue weighted by atomic mass is 9.82. The lowest BCUT2D eigenvalue weighted by Gasteiger charge is -2.27. The Kier molecular flexibility index (Phi) is 4.97. The van der Waals surface area contributed by atoms with Crippen LogP contribution in [0.3, 0.4) is 0 Å². The lowest BCUT2D eigenvalue weighted by Crippen LogP contribution is -2.27.